The van der Waals surface area contributed by atoms with Crippen molar-refractivity contribution in [3.05, 3.63) is 29.8 Å². The molecule has 0 bridgehead atoms. The number of amides is 1. The van der Waals surface area contributed by atoms with E-state index >= 15 is 0 Å². The van der Waals surface area contributed by atoms with Crippen molar-refractivity contribution in [2.45, 2.75) is 32.1 Å². The van der Waals surface area contributed by atoms with Gasteiger partial charge in [0.15, 0.2) is 0 Å². The predicted molar refractivity (Wildman–Crippen MR) is 82.7 cm³/mol. The number of carbonyl (C=O) groups is 1. The van der Waals surface area contributed by atoms with Crippen LogP contribution >= 0.6 is 0 Å². The molecule has 2 rings (SSSR count). The topological polar surface area (TPSA) is 58.4 Å². The summed E-state index contributed by atoms with van der Waals surface area (Å²) < 4.78 is 0. The lowest BCUT2D eigenvalue weighted by atomic mass is 10.1. The average Bonchev–Trinajstić information content (AvgIpc) is 2.72. The van der Waals surface area contributed by atoms with Crippen LogP contribution in [0.25, 0.3) is 0 Å². The number of anilines is 1. The van der Waals surface area contributed by atoms with Gasteiger partial charge in [-0.2, -0.15) is 0 Å². The maximum absolute atomic E-state index is 12.0. The summed E-state index contributed by atoms with van der Waals surface area (Å²) in [6.45, 7) is 4.20. The van der Waals surface area contributed by atoms with Gasteiger partial charge < -0.3 is 16.0 Å². The van der Waals surface area contributed by atoms with Crippen LogP contribution in [0.5, 0.6) is 0 Å². The Morgan fingerprint density at radius 3 is 2.55 bits per heavy atom. The van der Waals surface area contributed by atoms with Gasteiger partial charge in [-0.15, -0.1) is 0 Å². The van der Waals surface area contributed by atoms with E-state index in [2.05, 4.69) is 10.2 Å². The first-order valence-corrected chi connectivity index (χ1v) is 7.62. The molecule has 4 nitrogen and oxygen atoms in total. The highest BCUT2D eigenvalue weighted by Crippen LogP contribution is 2.11. The molecule has 0 aromatic heterocycles. The van der Waals surface area contributed by atoms with Crippen molar-refractivity contribution >= 4 is 11.6 Å². The number of para-hydroxylation sites is 1. The number of likely N-dealkylation sites (tertiary alicyclic amines) is 1. The van der Waals surface area contributed by atoms with Crippen LogP contribution in [0.1, 0.15) is 42.5 Å². The molecule has 3 N–H and O–H groups in total. The minimum absolute atomic E-state index is 0.0704. The SMILES string of the molecule is Nc1ccccc1C(=O)NCCCN1CCCCCC1. The van der Waals surface area contributed by atoms with Crippen LogP contribution in [0, 0.1) is 0 Å². The van der Waals surface area contributed by atoms with Crippen molar-refractivity contribution in [1.82, 2.24) is 10.2 Å². The van der Waals surface area contributed by atoms with Crippen LogP contribution in [0.3, 0.4) is 0 Å². The molecular formula is C16H25N3O. The molecule has 1 aromatic rings. The normalized spacial score (nSPS) is 16.6. The summed E-state index contributed by atoms with van der Waals surface area (Å²) in [5.74, 6) is -0.0704. The number of nitrogens with zero attached hydrogens (tertiary/aromatic N) is 1. The van der Waals surface area contributed by atoms with E-state index in [4.69, 9.17) is 5.73 Å². The fourth-order valence-corrected chi connectivity index (χ4v) is 2.66. The van der Waals surface area contributed by atoms with Gasteiger partial charge in [-0.05, 0) is 51.0 Å². The largest absolute Gasteiger partial charge is 0.398 e. The smallest absolute Gasteiger partial charge is 0.253 e. The Kier molecular flexibility index (Phi) is 5.87. The second-order valence-corrected chi connectivity index (χ2v) is 5.45. The highest BCUT2D eigenvalue weighted by atomic mass is 16.1. The van der Waals surface area contributed by atoms with E-state index in [1.165, 1.54) is 38.8 Å². The van der Waals surface area contributed by atoms with E-state index in [-0.39, 0.29) is 5.91 Å². The van der Waals surface area contributed by atoms with Crippen LogP contribution in [0.2, 0.25) is 0 Å². The van der Waals surface area contributed by atoms with Gasteiger partial charge in [-0.3, -0.25) is 4.79 Å². The van der Waals surface area contributed by atoms with Crippen LogP contribution in [0.4, 0.5) is 5.69 Å². The maximum Gasteiger partial charge on any atom is 0.253 e. The van der Waals surface area contributed by atoms with Gasteiger partial charge >= 0.3 is 0 Å². The number of rotatable bonds is 5. The van der Waals surface area contributed by atoms with Crippen molar-refractivity contribution in [3.8, 4) is 0 Å². The maximum atomic E-state index is 12.0. The Balaban J connectivity index is 1.68. The van der Waals surface area contributed by atoms with Gasteiger partial charge in [0, 0.05) is 12.2 Å². The fourth-order valence-electron chi connectivity index (χ4n) is 2.66. The average molecular weight is 275 g/mol. The molecule has 0 unspecified atom stereocenters. The number of carbonyl (C=O) groups excluding carboxylic acids is 1. The lowest BCUT2D eigenvalue weighted by Crippen LogP contribution is -2.30. The third-order valence-corrected chi connectivity index (χ3v) is 3.84. The van der Waals surface area contributed by atoms with Gasteiger partial charge in [0.1, 0.15) is 0 Å². The Hall–Kier alpha value is -1.55. The van der Waals surface area contributed by atoms with Crippen LogP contribution in [-0.2, 0) is 0 Å². The lowest BCUT2D eigenvalue weighted by Gasteiger charge is -2.19. The summed E-state index contributed by atoms with van der Waals surface area (Å²) in [6, 6.07) is 7.19. The van der Waals surface area contributed by atoms with Gasteiger partial charge in [0.25, 0.3) is 5.91 Å². The van der Waals surface area contributed by atoms with Crippen LogP contribution < -0.4 is 11.1 Å². The number of benzene rings is 1. The van der Waals surface area contributed by atoms with Gasteiger partial charge in [0.05, 0.1) is 5.56 Å². The molecule has 1 amide bonds. The van der Waals surface area contributed by atoms with Crippen LogP contribution in [-0.4, -0.2) is 37.0 Å². The van der Waals surface area contributed by atoms with Gasteiger partial charge in [0.2, 0.25) is 0 Å². The Bertz CT molecular complexity index is 425. The Morgan fingerprint density at radius 1 is 1.15 bits per heavy atom. The monoisotopic (exact) mass is 275 g/mol. The third kappa shape index (κ3) is 4.53. The van der Waals surface area contributed by atoms with Crippen molar-refractivity contribution in [2.75, 3.05) is 31.9 Å². The molecule has 1 heterocycles. The number of hydrogen-bond acceptors (Lipinski definition) is 3. The molecule has 0 aliphatic carbocycles. The number of nitrogens with two attached hydrogens (primary N) is 1. The van der Waals surface area contributed by atoms with E-state index in [1.54, 1.807) is 12.1 Å². The standard InChI is InChI=1S/C16H25N3O/c17-15-9-4-3-8-14(15)16(20)18-10-7-13-19-11-5-1-2-6-12-19/h3-4,8-9H,1-2,5-7,10-13,17H2,(H,18,20). The highest BCUT2D eigenvalue weighted by molar-refractivity contribution is 5.98. The first-order chi connectivity index (χ1) is 9.77. The molecular weight excluding hydrogens is 250 g/mol. The molecule has 0 atom stereocenters. The first-order valence-electron chi connectivity index (χ1n) is 7.62. The number of hydrogen-bond donors (Lipinski definition) is 2. The van der Waals surface area contributed by atoms with Crippen molar-refractivity contribution in [3.63, 3.8) is 0 Å². The molecule has 1 aliphatic heterocycles. The van der Waals surface area contributed by atoms with Crippen molar-refractivity contribution in [2.24, 2.45) is 0 Å². The molecule has 0 spiro atoms. The summed E-state index contributed by atoms with van der Waals surface area (Å²) >= 11 is 0. The summed E-state index contributed by atoms with van der Waals surface area (Å²) in [7, 11) is 0. The molecule has 0 radical (unpaired) electrons. The number of nitrogens with one attached hydrogen (secondary N) is 1. The van der Waals surface area contributed by atoms with Crippen LogP contribution in [0.15, 0.2) is 24.3 Å². The molecule has 1 aromatic carbocycles. The molecule has 20 heavy (non-hydrogen) atoms. The highest BCUT2D eigenvalue weighted by Gasteiger charge is 2.10. The molecule has 4 heteroatoms. The summed E-state index contributed by atoms with van der Waals surface area (Å²) in [4.78, 5) is 14.5. The van der Waals surface area contributed by atoms with E-state index in [1.807, 2.05) is 12.1 Å². The Morgan fingerprint density at radius 2 is 1.85 bits per heavy atom. The zero-order chi connectivity index (χ0) is 14.2. The summed E-state index contributed by atoms with van der Waals surface area (Å²) in [5, 5.41) is 2.95. The zero-order valence-corrected chi connectivity index (χ0v) is 12.1. The minimum Gasteiger partial charge on any atom is -0.398 e. The summed E-state index contributed by atoms with van der Waals surface area (Å²) in [6.07, 6.45) is 6.35. The fraction of sp³-hybridized carbons (Fsp3) is 0.562. The molecule has 0 saturated carbocycles. The zero-order valence-electron chi connectivity index (χ0n) is 12.1. The van der Waals surface area contributed by atoms with Crippen molar-refractivity contribution < 1.29 is 4.79 Å². The second kappa shape index (κ2) is 7.90. The van der Waals surface area contributed by atoms with Gasteiger partial charge in [-0.25, -0.2) is 0 Å². The molecule has 1 fully saturated rings. The van der Waals surface area contributed by atoms with E-state index in [0.717, 1.165) is 13.0 Å². The van der Waals surface area contributed by atoms with Gasteiger partial charge in [-0.1, -0.05) is 25.0 Å². The van der Waals surface area contributed by atoms with E-state index in [9.17, 15) is 4.79 Å². The quantitative estimate of drug-likeness (QED) is 0.640. The molecule has 110 valence electrons. The first kappa shape index (κ1) is 14.9. The molecule has 1 saturated heterocycles. The second-order valence-electron chi connectivity index (χ2n) is 5.45. The van der Waals surface area contributed by atoms with E-state index < -0.39 is 0 Å². The third-order valence-electron chi connectivity index (χ3n) is 3.84. The Labute approximate surface area is 121 Å². The molecule has 1 aliphatic rings. The van der Waals surface area contributed by atoms with Crippen molar-refractivity contribution in [1.29, 1.82) is 0 Å². The minimum atomic E-state index is -0.0704. The predicted octanol–water partition coefficient (Wildman–Crippen LogP) is 2.26. The van der Waals surface area contributed by atoms with E-state index in [0.29, 0.717) is 17.8 Å². The number of nitrogen functional groups attached to an aromatic ring is 1. The lowest BCUT2D eigenvalue weighted by molar-refractivity contribution is 0.0952. The summed E-state index contributed by atoms with van der Waals surface area (Å²) in [5.41, 5.74) is 6.90.